The highest BCUT2D eigenvalue weighted by molar-refractivity contribution is 7.90. The summed E-state index contributed by atoms with van der Waals surface area (Å²) < 4.78 is 33.8. The summed E-state index contributed by atoms with van der Waals surface area (Å²) in [6, 6.07) is 8.22. The SMILES string of the molecule is COC[C@@H]1CCCN1c1cccc(S(=O)(=O)NC(=O)c2cccnc2N2CC(C)CC2(C)C)n1. The molecule has 2 aromatic rings. The van der Waals surface area contributed by atoms with E-state index >= 15 is 0 Å². The van der Waals surface area contributed by atoms with E-state index in [1.807, 2.05) is 0 Å². The first-order valence-electron chi connectivity index (χ1n) is 11.6. The molecular weight excluding hydrogens is 454 g/mol. The fourth-order valence-electron chi connectivity index (χ4n) is 5.19. The van der Waals surface area contributed by atoms with E-state index in [2.05, 4.69) is 45.3 Å². The Morgan fingerprint density at radius 2 is 2.06 bits per heavy atom. The standard InChI is InChI=1S/C24H33N5O4S/c1-17-14-24(2,3)29(15-17)22-19(9-6-12-25-22)23(30)27-34(31,32)21-11-5-10-20(26-21)28-13-7-8-18(28)16-33-4/h5-6,9-12,17-18H,7-8,13-16H2,1-4H3,(H,27,30)/t17?,18-/m0/s1. The molecule has 34 heavy (non-hydrogen) atoms. The number of sulfonamides is 1. The molecule has 1 amide bonds. The molecule has 0 spiro atoms. The van der Waals surface area contributed by atoms with Crippen LogP contribution in [0.1, 0.15) is 50.4 Å². The topological polar surface area (TPSA) is 105 Å². The number of anilines is 2. The molecule has 2 aliphatic heterocycles. The van der Waals surface area contributed by atoms with Crippen molar-refractivity contribution in [2.75, 3.05) is 36.6 Å². The largest absolute Gasteiger partial charge is 0.383 e. The first-order valence-corrected chi connectivity index (χ1v) is 13.1. The van der Waals surface area contributed by atoms with Crippen molar-refractivity contribution < 1.29 is 17.9 Å². The van der Waals surface area contributed by atoms with Gasteiger partial charge in [-0.2, -0.15) is 8.42 Å². The summed E-state index contributed by atoms with van der Waals surface area (Å²) >= 11 is 0. The Bertz CT molecular complexity index is 1150. The van der Waals surface area contributed by atoms with Crippen LogP contribution in [0.5, 0.6) is 0 Å². The molecule has 0 saturated carbocycles. The number of pyridine rings is 2. The average Bonchev–Trinajstić information content (AvgIpc) is 3.36. The Morgan fingerprint density at radius 3 is 2.76 bits per heavy atom. The predicted octanol–water partition coefficient (Wildman–Crippen LogP) is 2.84. The molecule has 4 rings (SSSR count). The van der Waals surface area contributed by atoms with Gasteiger partial charge in [0.1, 0.15) is 11.6 Å². The lowest BCUT2D eigenvalue weighted by Gasteiger charge is -2.33. The highest BCUT2D eigenvalue weighted by Crippen LogP contribution is 2.37. The van der Waals surface area contributed by atoms with Crippen molar-refractivity contribution in [2.24, 2.45) is 5.92 Å². The molecule has 0 bridgehead atoms. The molecule has 10 heteroatoms. The van der Waals surface area contributed by atoms with Crippen LogP contribution in [0, 0.1) is 5.92 Å². The number of nitrogens with zero attached hydrogens (tertiary/aromatic N) is 4. The van der Waals surface area contributed by atoms with Crippen LogP contribution in [0.25, 0.3) is 0 Å². The highest BCUT2D eigenvalue weighted by Gasteiger charge is 2.39. The first-order chi connectivity index (χ1) is 16.1. The zero-order chi connectivity index (χ0) is 24.5. The monoisotopic (exact) mass is 487 g/mol. The molecule has 2 aliphatic rings. The van der Waals surface area contributed by atoms with Crippen molar-refractivity contribution >= 4 is 27.6 Å². The van der Waals surface area contributed by atoms with Crippen LogP contribution >= 0.6 is 0 Å². The number of nitrogens with one attached hydrogen (secondary N) is 1. The molecule has 2 atom stereocenters. The van der Waals surface area contributed by atoms with Crippen LogP contribution in [-0.2, 0) is 14.8 Å². The van der Waals surface area contributed by atoms with Gasteiger partial charge in [-0.15, -0.1) is 0 Å². The summed E-state index contributed by atoms with van der Waals surface area (Å²) in [5.74, 6) is 0.774. The molecular formula is C24H33N5O4S. The second-order valence-corrected chi connectivity index (χ2v) is 11.4. The number of carbonyl (C=O) groups excluding carboxylic acids is 1. The molecule has 2 fully saturated rings. The van der Waals surface area contributed by atoms with Crippen molar-refractivity contribution in [1.82, 2.24) is 14.7 Å². The summed E-state index contributed by atoms with van der Waals surface area (Å²) in [6.45, 7) is 8.44. The van der Waals surface area contributed by atoms with E-state index in [0.717, 1.165) is 32.4 Å². The average molecular weight is 488 g/mol. The number of rotatable bonds is 7. The van der Waals surface area contributed by atoms with Crippen LogP contribution in [0.2, 0.25) is 0 Å². The van der Waals surface area contributed by atoms with E-state index in [9.17, 15) is 13.2 Å². The van der Waals surface area contributed by atoms with Gasteiger partial charge >= 0.3 is 0 Å². The van der Waals surface area contributed by atoms with Crippen LogP contribution in [0.4, 0.5) is 11.6 Å². The Hall–Kier alpha value is -2.72. The third kappa shape index (κ3) is 4.88. The molecule has 0 aliphatic carbocycles. The van der Waals surface area contributed by atoms with Crippen molar-refractivity contribution in [2.45, 2.75) is 56.6 Å². The Labute approximate surface area is 201 Å². The third-order valence-corrected chi connectivity index (χ3v) is 7.83. The van der Waals surface area contributed by atoms with E-state index in [1.165, 1.54) is 6.07 Å². The summed E-state index contributed by atoms with van der Waals surface area (Å²) in [6.07, 6.45) is 4.52. The number of carbonyl (C=O) groups is 1. The predicted molar refractivity (Wildman–Crippen MR) is 131 cm³/mol. The Morgan fingerprint density at radius 1 is 1.26 bits per heavy atom. The quantitative estimate of drug-likeness (QED) is 0.636. The summed E-state index contributed by atoms with van der Waals surface area (Å²) in [5.41, 5.74) is 0.0376. The number of ether oxygens (including phenoxy) is 1. The minimum atomic E-state index is -4.18. The van der Waals surface area contributed by atoms with Crippen molar-refractivity contribution in [1.29, 1.82) is 0 Å². The van der Waals surface area contributed by atoms with Gasteiger partial charge in [-0.25, -0.2) is 14.7 Å². The summed E-state index contributed by atoms with van der Waals surface area (Å²) in [7, 11) is -2.53. The second kappa shape index (κ2) is 9.50. The van der Waals surface area contributed by atoms with Crippen LogP contribution in [0.3, 0.4) is 0 Å². The maximum atomic E-state index is 13.2. The molecule has 1 unspecified atom stereocenters. The molecule has 0 aromatic carbocycles. The number of methoxy groups -OCH3 is 1. The smallest absolute Gasteiger partial charge is 0.281 e. The lowest BCUT2D eigenvalue weighted by molar-refractivity contribution is 0.0981. The molecule has 0 radical (unpaired) electrons. The van der Waals surface area contributed by atoms with Crippen LogP contribution < -0.4 is 14.5 Å². The van der Waals surface area contributed by atoms with E-state index in [-0.39, 0.29) is 22.2 Å². The third-order valence-electron chi connectivity index (χ3n) is 6.60. The van der Waals surface area contributed by atoms with Gasteiger partial charge in [-0.05, 0) is 63.3 Å². The zero-order valence-corrected chi connectivity index (χ0v) is 21.0. The summed E-state index contributed by atoms with van der Waals surface area (Å²) in [5, 5.41) is -0.193. The Balaban J connectivity index is 1.58. The molecule has 2 saturated heterocycles. The van der Waals surface area contributed by atoms with Crippen molar-refractivity contribution in [3.63, 3.8) is 0 Å². The highest BCUT2D eigenvalue weighted by atomic mass is 32.2. The lowest BCUT2D eigenvalue weighted by Crippen LogP contribution is -2.41. The van der Waals surface area contributed by atoms with Gasteiger partial charge in [0.05, 0.1) is 18.2 Å². The van der Waals surface area contributed by atoms with Crippen molar-refractivity contribution in [3.05, 3.63) is 42.1 Å². The van der Waals surface area contributed by atoms with E-state index in [0.29, 0.717) is 24.2 Å². The van der Waals surface area contributed by atoms with Gasteiger partial charge in [-0.3, -0.25) is 4.79 Å². The number of aromatic nitrogens is 2. The van der Waals surface area contributed by atoms with Crippen molar-refractivity contribution in [3.8, 4) is 0 Å². The van der Waals surface area contributed by atoms with Gasteiger partial charge in [0, 0.05) is 31.9 Å². The van der Waals surface area contributed by atoms with E-state index in [4.69, 9.17) is 4.74 Å². The fourth-order valence-corrected chi connectivity index (χ4v) is 6.12. The number of hydrogen-bond donors (Lipinski definition) is 1. The Kier molecular flexibility index (Phi) is 6.82. The zero-order valence-electron chi connectivity index (χ0n) is 20.2. The molecule has 1 N–H and O–H groups in total. The normalized spacial score (nSPS) is 22.2. The number of hydrogen-bond acceptors (Lipinski definition) is 8. The van der Waals surface area contributed by atoms with Gasteiger partial charge < -0.3 is 14.5 Å². The van der Waals surface area contributed by atoms with E-state index < -0.39 is 15.9 Å². The van der Waals surface area contributed by atoms with E-state index in [1.54, 1.807) is 37.6 Å². The molecule has 184 valence electrons. The molecule has 2 aromatic heterocycles. The second-order valence-electron chi connectivity index (χ2n) is 9.82. The lowest BCUT2D eigenvalue weighted by atomic mass is 9.97. The first kappa shape index (κ1) is 24.4. The minimum absolute atomic E-state index is 0.147. The molecule has 9 nitrogen and oxygen atoms in total. The van der Waals surface area contributed by atoms with Gasteiger partial charge in [0.2, 0.25) is 0 Å². The van der Waals surface area contributed by atoms with Crippen LogP contribution in [-0.4, -0.2) is 62.7 Å². The van der Waals surface area contributed by atoms with Crippen LogP contribution in [0.15, 0.2) is 41.6 Å². The van der Waals surface area contributed by atoms with Gasteiger partial charge in [0.15, 0.2) is 5.03 Å². The summed E-state index contributed by atoms with van der Waals surface area (Å²) in [4.78, 5) is 26.1. The maximum absolute atomic E-state index is 13.2. The minimum Gasteiger partial charge on any atom is -0.383 e. The fraction of sp³-hybridized carbons (Fsp3) is 0.542. The molecule has 4 heterocycles. The maximum Gasteiger partial charge on any atom is 0.281 e. The number of amides is 1. The van der Waals surface area contributed by atoms with Gasteiger partial charge in [-0.1, -0.05) is 13.0 Å². The van der Waals surface area contributed by atoms with Gasteiger partial charge in [0.25, 0.3) is 15.9 Å².